The van der Waals surface area contributed by atoms with Crippen LogP contribution >= 0.6 is 0 Å². The summed E-state index contributed by atoms with van der Waals surface area (Å²) in [5.74, 6) is -0.762. The Morgan fingerprint density at radius 1 is 1.32 bits per heavy atom. The number of sulfone groups is 1. The van der Waals surface area contributed by atoms with E-state index in [-0.39, 0.29) is 30.7 Å². The molecule has 0 spiro atoms. The van der Waals surface area contributed by atoms with Gasteiger partial charge in [0, 0.05) is 32.3 Å². The third kappa shape index (κ3) is 6.42. The van der Waals surface area contributed by atoms with Crippen LogP contribution in [0, 0.1) is 5.92 Å². The normalized spacial score (nSPS) is 17.2. The molecule has 2 amide bonds. The molecule has 19 heavy (non-hydrogen) atoms. The fourth-order valence-electron chi connectivity index (χ4n) is 2.04. The summed E-state index contributed by atoms with van der Waals surface area (Å²) < 4.78 is 21.8. The van der Waals surface area contributed by atoms with E-state index in [4.69, 9.17) is 5.11 Å². The van der Waals surface area contributed by atoms with Crippen molar-refractivity contribution < 1.29 is 23.1 Å². The zero-order valence-corrected chi connectivity index (χ0v) is 11.8. The molecule has 0 unspecified atom stereocenters. The van der Waals surface area contributed by atoms with E-state index in [1.54, 1.807) is 4.90 Å². The summed E-state index contributed by atoms with van der Waals surface area (Å²) in [7, 11) is -3.07. The number of nitrogens with one attached hydrogen (secondary N) is 1. The number of piperidine rings is 1. The lowest BCUT2D eigenvalue weighted by atomic mass is 9.94. The summed E-state index contributed by atoms with van der Waals surface area (Å²) in [4.78, 5) is 23.9. The summed E-state index contributed by atoms with van der Waals surface area (Å²) in [6, 6.07) is -0.280. The Hall–Kier alpha value is -1.31. The molecule has 1 aliphatic rings. The van der Waals surface area contributed by atoms with E-state index in [9.17, 15) is 18.0 Å². The summed E-state index contributed by atoms with van der Waals surface area (Å²) >= 11 is 0. The first-order valence-electron chi connectivity index (χ1n) is 6.20. The van der Waals surface area contributed by atoms with Gasteiger partial charge in [-0.1, -0.05) is 0 Å². The molecule has 0 aliphatic carbocycles. The van der Waals surface area contributed by atoms with Crippen molar-refractivity contribution in [3.05, 3.63) is 0 Å². The zero-order chi connectivity index (χ0) is 14.5. The Morgan fingerprint density at radius 3 is 2.37 bits per heavy atom. The van der Waals surface area contributed by atoms with Gasteiger partial charge in [0.1, 0.15) is 9.84 Å². The largest absolute Gasteiger partial charge is 0.481 e. The molecule has 1 heterocycles. The molecule has 2 N–H and O–H groups in total. The second-order valence-electron chi connectivity index (χ2n) is 4.89. The van der Waals surface area contributed by atoms with Gasteiger partial charge >= 0.3 is 12.0 Å². The van der Waals surface area contributed by atoms with Gasteiger partial charge in [-0.25, -0.2) is 13.2 Å². The van der Waals surface area contributed by atoms with Gasteiger partial charge in [0.15, 0.2) is 0 Å². The highest BCUT2D eigenvalue weighted by Crippen LogP contribution is 2.20. The first kappa shape index (κ1) is 15.7. The minimum absolute atomic E-state index is 0.0752. The van der Waals surface area contributed by atoms with E-state index < -0.39 is 15.8 Å². The van der Waals surface area contributed by atoms with Crippen molar-refractivity contribution in [3.63, 3.8) is 0 Å². The van der Waals surface area contributed by atoms with Crippen LogP contribution in [0.5, 0.6) is 0 Å². The molecule has 1 aliphatic heterocycles. The summed E-state index contributed by atoms with van der Waals surface area (Å²) in [6.07, 6.45) is 2.61. The number of likely N-dealkylation sites (tertiary alicyclic amines) is 1. The Kier molecular flexibility index (Phi) is 5.59. The van der Waals surface area contributed by atoms with E-state index in [0.717, 1.165) is 6.26 Å². The number of carboxylic acids is 1. The predicted molar refractivity (Wildman–Crippen MR) is 69.7 cm³/mol. The first-order valence-corrected chi connectivity index (χ1v) is 8.26. The van der Waals surface area contributed by atoms with Crippen LogP contribution in [0.15, 0.2) is 0 Å². The third-order valence-electron chi connectivity index (χ3n) is 3.11. The number of amides is 2. The maximum Gasteiger partial charge on any atom is 0.317 e. The van der Waals surface area contributed by atoms with Crippen molar-refractivity contribution in [2.75, 3.05) is 31.6 Å². The lowest BCUT2D eigenvalue weighted by Crippen LogP contribution is -2.45. The van der Waals surface area contributed by atoms with Crippen molar-refractivity contribution in [3.8, 4) is 0 Å². The monoisotopic (exact) mass is 292 g/mol. The van der Waals surface area contributed by atoms with Crippen LogP contribution in [0.25, 0.3) is 0 Å². The molecule has 1 fully saturated rings. The number of aliphatic carboxylic acids is 1. The van der Waals surface area contributed by atoms with Crippen LogP contribution < -0.4 is 5.32 Å². The van der Waals surface area contributed by atoms with Gasteiger partial charge in [-0.2, -0.15) is 0 Å². The minimum Gasteiger partial charge on any atom is -0.481 e. The second-order valence-corrected chi connectivity index (χ2v) is 7.15. The van der Waals surface area contributed by atoms with Gasteiger partial charge < -0.3 is 15.3 Å². The zero-order valence-electron chi connectivity index (χ0n) is 11.0. The van der Waals surface area contributed by atoms with Crippen LogP contribution in [-0.2, 0) is 14.6 Å². The van der Waals surface area contributed by atoms with Crippen LogP contribution in [0.4, 0.5) is 4.79 Å². The molecule has 0 bridgehead atoms. The molecule has 0 aromatic heterocycles. The molecule has 0 aromatic rings. The van der Waals surface area contributed by atoms with E-state index in [1.807, 2.05) is 0 Å². The molecular weight excluding hydrogens is 272 g/mol. The van der Waals surface area contributed by atoms with Crippen LogP contribution in [0.1, 0.15) is 19.3 Å². The average Bonchev–Trinajstić information content (AvgIpc) is 2.27. The smallest absolute Gasteiger partial charge is 0.317 e. The number of urea groups is 1. The highest BCUT2D eigenvalue weighted by Gasteiger charge is 2.24. The fourth-order valence-corrected chi connectivity index (χ4v) is 2.52. The molecule has 7 nitrogen and oxygen atoms in total. The SMILES string of the molecule is CS(=O)(=O)CCNC(=O)N1CCC(CC(=O)O)CC1. The number of rotatable bonds is 5. The van der Waals surface area contributed by atoms with Gasteiger partial charge in [-0.15, -0.1) is 0 Å². The highest BCUT2D eigenvalue weighted by molar-refractivity contribution is 7.90. The van der Waals surface area contributed by atoms with Gasteiger partial charge in [0.2, 0.25) is 0 Å². The number of nitrogens with zero attached hydrogens (tertiary/aromatic N) is 1. The van der Waals surface area contributed by atoms with E-state index in [0.29, 0.717) is 25.9 Å². The molecule has 0 atom stereocenters. The number of carboxylic acid groups (broad SMARTS) is 1. The first-order chi connectivity index (χ1) is 8.78. The lowest BCUT2D eigenvalue weighted by Gasteiger charge is -2.31. The Labute approximate surface area is 112 Å². The quantitative estimate of drug-likeness (QED) is 0.738. The number of hydrogen-bond acceptors (Lipinski definition) is 4. The van der Waals surface area contributed by atoms with Gasteiger partial charge in [-0.3, -0.25) is 4.79 Å². The molecule has 1 rings (SSSR count). The third-order valence-corrected chi connectivity index (χ3v) is 4.06. The van der Waals surface area contributed by atoms with Crippen molar-refractivity contribution >= 4 is 21.8 Å². The number of carbonyl (C=O) groups excluding carboxylic acids is 1. The van der Waals surface area contributed by atoms with E-state index in [2.05, 4.69) is 5.32 Å². The van der Waals surface area contributed by atoms with Crippen molar-refractivity contribution in [2.24, 2.45) is 5.92 Å². The molecule has 1 saturated heterocycles. The molecule has 110 valence electrons. The van der Waals surface area contributed by atoms with E-state index >= 15 is 0 Å². The topological polar surface area (TPSA) is 104 Å². The van der Waals surface area contributed by atoms with Gasteiger partial charge in [0.25, 0.3) is 0 Å². The summed E-state index contributed by atoms with van der Waals surface area (Å²) in [5, 5.41) is 11.2. The molecule has 0 aromatic carbocycles. The maximum atomic E-state index is 11.7. The van der Waals surface area contributed by atoms with Crippen LogP contribution in [0.2, 0.25) is 0 Å². The Bertz CT molecular complexity index is 426. The summed E-state index contributed by atoms with van der Waals surface area (Å²) in [5.41, 5.74) is 0. The molecule has 0 saturated carbocycles. The van der Waals surface area contributed by atoms with Gasteiger partial charge in [-0.05, 0) is 18.8 Å². The average molecular weight is 292 g/mol. The highest BCUT2D eigenvalue weighted by atomic mass is 32.2. The second kappa shape index (κ2) is 6.74. The Morgan fingerprint density at radius 2 is 1.89 bits per heavy atom. The predicted octanol–water partition coefficient (Wildman–Crippen LogP) is -0.0727. The standard InChI is InChI=1S/C11H20N2O5S/c1-19(17,18)7-4-12-11(16)13-5-2-9(3-6-13)8-10(14)15/h9H,2-8H2,1H3,(H,12,16)(H,14,15). The maximum absolute atomic E-state index is 11.7. The number of carbonyl (C=O) groups is 2. The molecular formula is C11H20N2O5S. The van der Waals surface area contributed by atoms with E-state index in [1.165, 1.54) is 0 Å². The van der Waals surface area contributed by atoms with Crippen LogP contribution in [-0.4, -0.2) is 62.1 Å². The van der Waals surface area contributed by atoms with Crippen LogP contribution in [0.3, 0.4) is 0 Å². The fraction of sp³-hybridized carbons (Fsp3) is 0.818. The molecule has 8 heteroatoms. The van der Waals surface area contributed by atoms with Crippen molar-refractivity contribution in [1.29, 1.82) is 0 Å². The number of hydrogen-bond donors (Lipinski definition) is 2. The Balaban J connectivity index is 2.27. The van der Waals surface area contributed by atoms with Gasteiger partial charge in [0.05, 0.1) is 5.75 Å². The summed E-state index contributed by atoms with van der Waals surface area (Å²) in [6.45, 7) is 1.14. The van der Waals surface area contributed by atoms with Crippen molar-refractivity contribution in [2.45, 2.75) is 19.3 Å². The van der Waals surface area contributed by atoms with Crippen molar-refractivity contribution in [1.82, 2.24) is 10.2 Å². The minimum atomic E-state index is -3.07. The lowest BCUT2D eigenvalue weighted by molar-refractivity contribution is -0.138. The molecule has 0 radical (unpaired) electrons.